The van der Waals surface area contributed by atoms with Gasteiger partial charge in [0.15, 0.2) is 0 Å². The highest BCUT2D eigenvalue weighted by Crippen LogP contribution is 2.15. The molecule has 94 valence electrons. The molecule has 0 aromatic heterocycles. The number of amidine groups is 1. The van der Waals surface area contributed by atoms with E-state index in [1.165, 1.54) is 0 Å². The van der Waals surface area contributed by atoms with E-state index in [9.17, 15) is 0 Å². The molecule has 0 spiro atoms. The third-order valence-corrected chi connectivity index (χ3v) is 2.69. The molecule has 19 heavy (non-hydrogen) atoms. The summed E-state index contributed by atoms with van der Waals surface area (Å²) >= 11 is 0. The zero-order chi connectivity index (χ0) is 13.7. The van der Waals surface area contributed by atoms with Gasteiger partial charge in [-0.25, -0.2) is 4.99 Å². The smallest absolute Gasteiger partial charge is 0.136 e. The number of hydrogen-bond acceptors (Lipinski definition) is 2. The van der Waals surface area contributed by atoms with Crippen molar-refractivity contribution in [3.05, 3.63) is 65.7 Å². The van der Waals surface area contributed by atoms with Crippen LogP contribution in [0.15, 0.2) is 59.6 Å². The van der Waals surface area contributed by atoms with Crippen LogP contribution in [0.25, 0.3) is 0 Å². The SMILES string of the molecule is CN(C)C(=Nc1ccc(C#N)cc1)c1ccccc1. The van der Waals surface area contributed by atoms with E-state index in [-0.39, 0.29) is 0 Å². The number of rotatable bonds is 2. The highest BCUT2D eigenvalue weighted by atomic mass is 15.1. The van der Waals surface area contributed by atoms with E-state index in [1.54, 1.807) is 12.1 Å². The van der Waals surface area contributed by atoms with Crippen LogP contribution in [0.3, 0.4) is 0 Å². The number of nitriles is 1. The van der Waals surface area contributed by atoms with Crippen molar-refractivity contribution in [3.63, 3.8) is 0 Å². The Morgan fingerprint density at radius 3 is 2.16 bits per heavy atom. The van der Waals surface area contributed by atoms with Crippen LogP contribution in [0, 0.1) is 11.3 Å². The molecule has 0 bridgehead atoms. The maximum absolute atomic E-state index is 8.78. The Labute approximate surface area is 113 Å². The summed E-state index contributed by atoms with van der Waals surface area (Å²) in [7, 11) is 3.94. The Morgan fingerprint density at radius 2 is 1.63 bits per heavy atom. The van der Waals surface area contributed by atoms with Gasteiger partial charge in [-0.2, -0.15) is 5.26 Å². The fourth-order valence-electron chi connectivity index (χ4n) is 1.74. The Balaban J connectivity index is 2.39. The lowest BCUT2D eigenvalue weighted by molar-refractivity contribution is 0.624. The molecule has 0 heterocycles. The molecule has 2 aromatic rings. The summed E-state index contributed by atoms with van der Waals surface area (Å²) < 4.78 is 0. The second-order valence-electron chi connectivity index (χ2n) is 4.35. The highest BCUT2D eigenvalue weighted by molar-refractivity contribution is 5.99. The van der Waals surface area contributed by atoms with Gasteiger partial charge < -0.3 is 4.90 Å². The van der Waals surface area contributed by atoms with Crippen molar-refractivity contribution in [1.82, 2.24) is 4.90 Å². The van der Waals surface area contributed by atoms with Gasteiger partial charge in [0.05, 0.1) is 17.3 Å². The van der Waals surface area contributed by atoms with Gasteiger partial charge in [-0.3, -0.25) is 0 Å². The normalized spacial score (nSPS) is 10.9. The van der Waals surface area contributed by atoms with Gasteiger partial charge >= 0.3 is 0 Å². The summed E-state index contributed by atoms with van der Waals surface area (Å²) in [6.07, 6.45) is 0. The van der Waals surface area contributed by atoms with Gasteiger partial charge in [-0.15, -0.1) is 0 Å². The van der Waals surface area contributed by atoms with Crippen LogP contribution in [-0.4, -0.2) is 24.8 Å². The molecule has 0 fully saturated rings. The van der Waals surface area contributed by atoms with Crippen LogP contribution in [0.1, 0.15) is 11.1 Å². The van der Waals surface area contributed by atoms with Gasteiger partial charge in [-0.1, -0.05) is 30.3 Å². The molecule has 0 N–H and O–H groups in total. The molecular weight excluding hydrogens is 234 g/mol. The van der Waals surface area contributed by atoms with E-state index in [2.05, 4.69) is 11.1 Å². The van der Waals surface area contributed by atoms with Gasteiger partial charge in [0.25, 0.3) is 0 Å². The molecular formula is C16H15N3. The summed E-state index contributed by atoms with van der Waals surface area (Å²) in [5, 5.41) is 8.78. The first kappa shape index (κ1) is 12.8. The van der Waals surface area contributed by atoms with Gasteiger partial charge in [0.1, 0.15) is 5.84 Å². The summed E-state index contributed by atoms with van der Waals surface area (Å²) in [4.78, 5) is 6.62. The number of hydrogen-bond donors (Lipinski definition) is 0. The molecule has 0 aliphatic carbocycles. The zero-order valence-electron chi connectivity index (χ0n) is 11.0. The molecule has 0 radical (unpaired) electrons. The first-order valence-electron chi connectivity index (χ1n) is 6.02. The predicted molar refractivity (Wildman–Crippen MR) is 77.5 cm³/mol. The van der Waals surface area contributed by atoms with Crippen LogP contribution < -0.4 is 0 Å². The Bertz CT molecular complexity index is 605. The first-order valence-corrected chi connectivity index (χ1v) is 6.02. The maximum Gasteiger partial charge on any atom is 0.136 e. The third kappa shape index (κ3) is 3.20. The van der Waals surface area contributed by atoms with Crippen molar-refractivity contribution in [2.24, 2.45) is 4.99 Å². The van der Waals surface area contributed by atoms with E-state index in [0.29, 0.717) is 5.56 Å². The number of benzene rings is 2. The van der Waals surface area contributed by atoms with Gasteiger partial charge in [-0.05, 0) is 24.3 Å². The predicted octanol–water partition coefficient (Wildman–Crippen LogP) is 3.20. The third-order valence-electron chi connectivity index (χ3n) is 2.69. The van der Waals surface area contributed by atoms with E-state index >= 15 is 0 Å². The van der Waals surface area contributed by atoms with Crippen molar-refractivity contribution in [2.45, 2.75) is 0 Å². The maximum atomic E-state index is 8.78. The molecule has 0 saturated carbocycles. The average Bonchev–Trinajstić information content (AvgIpc) is 2.46. The molecule has 0 atom stereocenters. The van der Waals surface area contributed by atoms with Crippen molar-refractivity contribution < 1.29 is 0 Å². The summed E-state index contributed by atoms with van der Waals surface area (Å²) in [6.45, 7) is 0. The summed E-state index contributed by atoms with van der Waals surface area (Å²) in [5.74, 6) is 0.894. The van der Waals surface area contributed by atoms with Crippen molar-refractivity contribution in [2.75, 3.05) is 14.1 Å². The monoisotopic (exact) mass is 249 g/mol. The van der Waals surface area contributed by atoms with E-state index < -0.39 is 0 Å². The second-order valence-corrected chi connectivity index (χ2v) is 4.35. The van der Waals surface area contributed by atoms with Crippen molar-refractivity contribution >= 4 is 11.5 Å². The molecule has 3 heteroatoms. The van der Waals surface area contributed by atoms with Crippen LogP contribution in [-0.2, 0) is 0 Å². The lowest BCUT2D eigenvalue weighted by Gasteiger charge is -2.16. The zero-order valence-corrected chi connectivity index (χ0v) is 11.0. The Hall–Kier alpha value is -2.60. The minimum absolute atomic E-state index is 0.644. The average molecular weight is 249 g/mol. The lowest BCUT2D eigenvalue weighted by atomic mass is 10.2. The Morgan fingerprint density at radius 1 is 1.00 bits per heavy atom. The van der Waals surface area contributed by atoms with E-state index in [1.807, 2.05) is 61.5 Å². The van der Waals surface area contributed by atoms with Crippen molar-refractivity contribution in [1.29, 1.82) is 5.26 Å². The molecule has 0 saturated heterocycles. The van der Waals surface area contributed by atoms with Crippen LogP contribution in [0.4, 0.5) is 5.69 Å². The first-order chi connectivity index (χ1) is 9.20. The standard InChI is InChI=1S/C16H15N3/c1-19(2)16(14-6-4-3-5-7-14)18-15-10-8-13(12-17)9-11-15/h3-11H,1-2H3. The lowest BCUT2D eigenvalue weighted by Crippen LogP contribution is -2.22. The molecule has 0 amide bonds. The largest absolute Gasteiger partial charge is 0.362 e. The van der Waals surface area contributed by atoms with Crippen molar-refractivity contribution in [3.8, 4) is 6.07 Å². The second kappa shape index (κ2) is 5.83. The van der Waals surface area contributed by atoms with Crippen LogP contribution >= 0.6 is 0 Å². The fraction of sp³-hybridized carbons (Fsp3) is 0.125. The van der Waals surface area contributed by atoms with Gasteiger partial charge in [0.2, 0.25) is 0 Å². The minimum atomic E-state index is 0.644. The topological polar surface area (TPSA) is 39.4 Å². The van der Waals surface area contributed by atoms with Crippen LogP contribution in [0.2, 0.25) is 0 Å². The molecule has 2 aromatic carbocycles. The van der Waals surface area contributed by atoms with E-state index in [0.717, 1.165) is 17.1 Å². The van der Waals surface area contributed by atoms with Crippen LogP contribution in [0.5, 0.6) is 0 Å². The number of aliphatic imine (C=N–C) groups is 1. The molecule has 3 nitrogen and oxygen atoms in total. The quantitative estimate of drug-likeness (QED) is 0.605. The molecule has 2 rings (SSSR count). The highest BCUT2D eigenvalue weighted by Gasteiger charge is 2.05. The summed E-state index contributed by atoms with van der Waals surface area (Å²) in [6, 6.07) is 19.4. The van der Waals surface area contributed by atoms with Gasteiger partial charge in [0, 0.05) is 19.7 Å². The summed E-state index contributed by atoms with van der Waals surface area (Å²) in [5.41, 5.74) is 2.55. The Kier molecular flexibility index (Phi) is 3.94. The minimum Gasteiger partial charge on any atom is -0.362 e. The molecule has 0 unspecified atom stereocenters. The fourth-order valence-corrected chi connectivity index (χ4v) is 1.74. The molecule has 0 aliphatic heterocycles. The molecule has 0 aliphatic rings. The van der Waals surface area contributed by atoms with E-state index in [4.69, 9.17) is 5.26 Å². The number of nitrogens with zero attached hydrogens (tertiary/aromatic N) is 3.